The van der Waals surface area contributed by atoms with Crippen molar-refractivity contribution in [3.05, 3.63) is 21.6 Å². The molecule has 0 aliphatic rings. The standard InChI is InChI=1S/C10H15ClN4O2/c1-7(2)4-3-5-12-9-8(15(16)17)6-13-10(11)14-9/h6-7H,3-5H2,1-2H3,(H,12,13,14). The van der Waals surface area contributed by atoms with Gasteiger partial charge >= 0.3 is 5.69 Å². The molecule has 0 aliphatic heterocycles. The van der Waals surface area contributed by atoms with Crippen molar-refractivity contribution >= 4 is 23.1 Å². The second kappa shape index (κ2) is 6.34. The minimum atomic E-state index is -0.527. The number of nitro groups is 1. The Hall–Kier alpha value is -1.43. The van der Waals surface area contributed by atoms with Gasteiger partial charge in [-0.25, -0.2) is 4.98 Å². The van der Waals surface area contributed by atoms with E-state index >= 15 is 0 Å². The minimum Gasteiger partial charge on any atom is -0.364 e. The molecule has 17 heavy (non-hydrogen) atoms. The first-order valence-corrected chi connectivity index (χ1v) is 5.79. The molecular formula is C10H15ClN4O2. The predicted molar refractivity (Wildman–Crippen MR) is 66.3 cm³/mol. The summed E-state index contributed by atoms with van der Waals surface area (Å²) in [6, 6.07) is 0. The van der Waals surface area contributed by atoms with Crippen molar-refractivity contribution in [1.29, 1.82) is 0 Å². The molecule has 0 saturated heterocycles. The Labute approximate surface area is 105 Å². The van der Waals surface area contributed by atoms with Crippen LogP contribution in [0.5, 0.6) is 0 Å². The molecule has 0 aromatic carbocycles. The lowest BCUT2D eigenvalue weighted by Crippen LogP contribution is -2.07. The number of nitrogens with zero attached hydrogens (tertiary/aromatic N) is 3. The number of anilines is 1. The second-order valence-corrected chi connectivity index (χ2v) is 4.43. The molecule has 6 nitrogen and oxygen atoms in total. The molecule has 0 aliphatic carbocycles. The van der Waals surface area contributed by atoms with E-state index in [9.17, 15) is 10.1 Å². The lowest BCUT2D eigenvalue weighted by Gasteiger charge is -2.07. The van der Waals surface area contributed by atoms with Crippen molar-refractivity contribution in [1.82, 2.24) is 9.97 Å². The maximum Gasteiger partial charge on any atom is 0.329 e. The Kier molecular flexibility index (Phi) is 5.09. The second-order valence-electron chi connectivity index (χ2n) is 4.09. The van der Waals surface area contributed by atoms with E-state index in [4.69, 9.17) is 11.6 Å². The Balaban J connectivity index is 2.62. The summed E-state index contributed by atoms with van der Waals surface area (Å²) < 4.78 is 0. The molecule has 0 unspecified atom stereocenters. The first-order chi connectivity index (χ1) is 8.00. The molecule has 1 heterocycles. The number of aromatic nitrogens is 2. The maximum absolute atomic E-state index is 10.7. The highest BCUT2D eigenvalue weighted by Crippen LogP contribution is 2.21. The highest BCUT2D eigenvalue weighted by molar-refractivity contribution is 6.28. The molecule has 1 rings (SSSR count). The molecule has 94 valence electrons. The topological polar surface area (TPSA) is 81.0 Å². The molecule has 1 aromatic heterocycles. The Morgan fingerprint density at radius 3 is 2.88 bits per heavy atom. The summed E-state index contributed by atoms with van der Waals surface area (Å²) in [5.74, 6) is 0.791. The van der Waals surface area contributed by atoms with E-state index in [1.165, 1.54) is 0 Å². The average molecular weight is 259 g/mol. The number of hydrogen-bond acceptors (Lipinski definition) is 5. The number of nitrogens with one attached hydrogen (secondary N) is 1. The van der Waals surface area contributed by atoms with Gasteiger partial charge in [0.05, 0.1) is 4.92 Å². The highest BCUT2D eigenvalue weighted by Gasteiger charge is 2.16. The summed E-state index contributed by atoms with van der Waals surface area (Å²) in [7, 11) is 0. The average Bonchev–Trinajstić information content (AvgIpc) is 2.23. The third-order valence-corrected chi connectivity index (χ3v) is 2.37. The van der Waals surface area contributed by atoms with Crippen LogP contribution in [0.15, 0.2) is 6.20 Å². The zero-order valence-corrected chi connectivity index (χ0v) is 10.6. The van der Waals surface area contributed by atoms with Crippen LogP contribution in [0, 0.1) is 16.0 Å². The van der Waals surface area contributed by atoms with E-state index in [1.807, 2.05) is 0 Å². The van der Waals surface area contributed by atoms with E-state index in [2.05, 4.69) is 29.1 Å². The largest absolute Gasteiger partial charge is 0.364 e. The van der Waals surface area contributed by atoms with E-state index in [0.29, 0.717) is 12.5 Å². The number of halogens is 1. The highest BCUT2D eigenvalue weighted by atomic mass is 35.5. The van der Waals surface area contributed by atoms with Gasteiger partial charge in [-0.3, -0.25) is 10.1 Å². The predicted octanol–water partition coefficient (Wildman–Crippen LogP) is 2.89. The van der Waals surface area contributed by atoms with Gasteiger partial charge in [0.2, 0.25) is 11.1 Å². The fraction of sp³-hybridized carbons (Fsp3) is 0.600. The van der Waals surface area contributed by atoms with E-state index in [1.54, 1.807) is 0 Å². The zero-order chi connectivity index (χ0) is 12.8. The van der Waals surface area contributed by atoms with Crippen LogP contribution in [-0.4, -0.2) is 21.4 Å². The molecule has 0 amide bonds. The van der Waals surface area contributed by atoms with Crippen LogP contribution >= 0.6 is 11.6 Å². The van der Waals surface area contributed by atoms with Crippen LogP contribution in [-0.2, 0) is 0 Å². The lowest BCUT2D eigenvalue weighted by molar-refractivity contribution is -0.384. The van der Waals surface area contributed by atoms with Gasteiger partial charge in [-0.1, -0.05) is 13.8 Å². The third kappa shape index (κ3) is 4.52. The van der Waals surface area contributed by atoms with Gasteiger partial charge in [0.1, 0.15) is 6.20 Å². The molecular weight excluding hydrogens is 244 g/mol. The molecule has 0 saturated carbocycles. The van der Waals surface area contributed by atoms with Crippen LogP contribution in [0.25, 0.3) is 0 Å². The summed E-state index contributed by atoms with van der Waals surface area (Å²) in [6.07, 6.45) is 3.09. The molecule has 0 radical (unpaired) electrons. The first kappa shape index (κ1) is 13.6. The van der Waals surface area contributed by atoms with Crippen molar-refractivity contribution < 1.29 is 4.92 Å². The monoisotopic (exact) mass is 258 g/mol. The Bertz CT molecular complexity index is 398. The number of rotatable bonds is 6. The summed E-state index contributed by atoms with van der Waals surface area (Å²) in [5.41, 5.74) is -0.154. The van der Waals surface area contributed by atoms with Crippen molar-refractivity contribution in [2.45, 2.75) is 26.7 Å². The van der Waals surface area contributed by atoms with Gasteiger partial charge in [0, 0.05) is 6.54 Å². The van der Waals surface area contributed by atoms with Crippen molar-refractivity contribution in [2.75, 3.05) is 11.9 Å². The molecule has 0 bridgehead atoms. The van der Waals surface area contributed by atoms with Crippen LogP contribution in [0.1, 0.15) is 26.7 Å². The minimum absolute atomic E-state index is 0.00181. The maximum atomic E-state index is 10.7. The summed E-state index contributed by atoms with van der Waals surface area (Å²) in [5, 5.41) is 13.6. The fourth-order valence-electron chi connectivity index (χ4n) is 1.33. The summed E-state index contributed by atoms with van der Waals surface area (Å²) >= 11 is 5.60. The van der Waals surface area contributed by atoms with Crippen LogP contribution in [0.2, 0.25) is 5.28 Å². The molecule has 0 spiro atoms. The van der Waals surface area contributed by atoms with Gasteiger partial charge < -0.3 is 5.32 Å². The van der Waals surface area contributed by atoms with E-state index in [-0.39, 0.29) is 16.8 Å². The van der Waals surface area contributed by atoms with Gasteiger partial charge in [-0.2, -0.15) is 4.98 Å². The van der Waals surface area contributed by atoms with Crippen molar-refractivity contribution in [3.63, 3.8) is 0 Å². The quantitative estimate of drug-likeness (QED) is 0.367. The third-order valence-electron chi connectivity index (χ3n) is 2.19. The first-order valence-electron chi connectivity index (χ1n) is 5.41. The van der Waals surface area contributed by atoms with Crippen molar-refractivity contribution in [2.24, 2.45) is 5.92 Å². The van der Waals surface area contributed by atoms with Gasteiger partial charge in [0.15, 0.2) is 0 Å². The van der Waals surface area contributed by atoms with Crippen molar-refractivity contribution in [3.8, 4) is 0 Å². The summed E-state index contributed by atoms with van der Waals surface area (Å²) in [6.45, 7) is 4.89. The molecule has 1 N–H and O–H groups in total. The molecule has 0 fully saturated rings. The summed E-state index contributed by atoms with van der Waals surface area (Å²) in [4.78, 5) is 17.6. The van der Waals surface area contributed by atoms with Gasteiger partial charge in [0.25, 0.3) is 0 Å². The Morgan fingerprint density at radius 2 is 2.29 bits per heavy atom. The number of hydrogen-bond donors (Lipinski definition) is 1. The fourth-order valence-corrected chi connectivity index (χ4v) is 1.47. The lowest BCUT2D eigenvalue weighted by atomic mass is 10.1. The molecule has 7 heteroatoms. The SMILES string of the molecule is CC(C)CCCNc1nc(Cl)ncc1[N+](=O)[O-]. The molecule has 1 aromatic rings. The Morgan fingerprint density at radius 1 is 1.59 bits per heavy atom. The van der Waals surface area contributed by atoms with Crippen LogP contribution in [0.4, 0.5) is 11.5 Å². The van der Waals surface area contributed by atoms with Gasteiger partial charge in [-0.05, 0) is 30.4 Å². The smallest absolute Gasteiger partial charge is 0.329 e. The normalized spacial score (nSPS) is 10.6. The van der Waals surface area contributed by atoms with E-state index < -0.39 is 4.92 Å². The van der Waals surface area contributed by atoms with Crippen LogP contribution < -0.4 is 5.32 Å². The van der Waals surface area contributed by atoms with Gasteiger partial charge in [-0.15, -0.1) is 0 Å². The zero-order valence-electron chi connectivity index (χ0n) is 9.81. The van der Waals surface area contributed by atoms with E-state index in [0.717, 1.165) is 19.0 Å². The molecule has 0 atom stereocenters. The van der Waals surface area contributed by atoms with Crippen LogP contribution in [0.3, 0.4) is 0 Å².